The van der Waals surface area contributed by atoms with Crippen molar-refractivity contribution in [2.24, 2.45) is 0 Å². The van der Waals surface area contributed by atoms with Gasteiger partial charge in [-0.2, -0.15) is 0 Å². The van der Waals surface area contributed by atoms with Crippen molar-refractivity contribution in [3.63, 3.8) is 0 Å². The summed E-state index contributed by atoms with van der Waals surface area (Å²) in [5.41, 5.74) is 1.34. The molecule has 2 aromatic carbocycles. The van der Waals surface area contributed by atoms with E-state index in [2.05, 4.69) is 21.2 Å². The van der Waals surface area contributed by atoms with Crippen molar-refractivity contribution in [2.45, 2.75) is 18.9 Å². The highest BCUT2D eigenvalue weighted by molar-refractivity contribution is 9.10. The monoisotopic (exact) mass is 335 g/mol. The molecule has 0 aliphatic heterocycles. The zero-order valence-electron chi connectivity index (χ0n) is 11.3. The minimum absolute atomic E-state index is 0.0235. The van der Waals surface area contributed by atoms with Gasteiger partial charge in [0.25, 0.3) is 0 Å². The number of benzene rings is 2. The van der Waals surface area contributed by atoms with Crippen LogP contribution in [0.25, 0.3) is 0 Å². The largest absolute Gasteiger partial charge is 0.508 e. The maximum atomic E-state index is 9.88. The van der Waals surface area contributed by atoms with Crippen LogP contribution in [-0.4, -0.2) is 16.8 Å². The molecule has 2 rings (SSSR count). The Bertz CT molecular complexity index is 548. The van der Waals surface area contributed by atoms with Gasteiger partial charge in [0.1, 0.15) is 5.75 Å². The van der Waals surface area contributed by atoms with Crippen molar-refractivity contribution < 1.29 is 10.2 Å². The minimum Gasteiger partial charge on any atom is -0.508 e. The molecule has 0 aliphatic carbocycles. The quantitative estimate of drug-likeness (QED) is 0.777. The first-order valence-electron chi connectivity index (χ1n) is 6.54. The molecule has 0 heterocycles. The molecule has 0 fully saturated rings. The van der Waals surface area contributed by atoms with E-state index in [1.807, 2.05) is 43.3 Å². The summed E-state index contributed by atoms with van der Waals surface area (Å²) in [6.07, 6.45) is 0.727. The molecule has 0 aromatic heterocycles. The number of phenolic OH excluding ortho intramolecular Hbond substituents is 1. The van der Waals surface area contributed by atoms with Crippen molar-refractivity contribution in [2.75, 3.05) is 11.9 Å². The second kappa shape index (κ2) is 6.29. The Morgan fingerprint density at radius 2 is 1.65 bits per heavy atom. The van der Waals surface area contributed by atoms with Gasteiger partial charge in [-0.15, -0.1) is 0 Å². The average molecular weight is 336 g/mol. The highest BCUT2D eigenvalue weighted by Crippen LogP contribution is 2.31. The van der Waals surface area contributed by atoms with Gasteiger partial charge in [-0.25, -0.2) is 0 Å². The molecule has 0 spiro atoms. The maximum Gasteiger partial charge on any atom is 0.115 e. The van der Waals surface area contributed by atoms with Gasteiger partial charge >= 0.3 is 0 Å². The van der Waals surface area contributed by atoms with Crippen molar-refractivity contribution in [3.8, 4) is 5.75 Å². The Balaban J connectivity index is 2.33. The third kappa shape index (κ3) is 3.14. The Morgan fingerprint density at radius 1 is 1.05 bits per heavy atom. The predicted octanol–water partition coefficient (Wildman–Crippen LogP) is 3.86. The van der Waals surface area contributed by atoms with Gasteiger partial charge < -0.3 is 15.5 Å². The molecule has 0 radical (unpaired) electrons. The minimum atomic E-state index is -0.554. The van der Waals surface area contributed by atoms with Crippen LogP contribution in [0.1, 0.15) is 18.9 Å². The van der Waals surface area contributed by atoms with Gasteiger partial charge in [-0.05, 0) is 48.4 Å². The van der Waals surface area contributed by atoms with E-state index in [0.717, 1.165) is 22.1 Å². The number of rotatable bonds is 5. The van der Waals surface area contributed by atoms with Crippen LogP contribution in [0.15, 0.2) is 53.0 Å². The standard InChI is InChI=1S/C16H18BrNO2/c1-2-16(11-19,12-3-9-15(20)10-4-12)18-14-7-5-13(17)6-8-14/h3-10,18-20H,2,11H2,1H3. The Labute approximate surface area is 127 Å². The molecule has 2 aromatic rings. The molecule has 0 bridgehead atoms. The third-order valence-electron chi connectivity index (χ3n) is 3.52. The van der Waals surface area contributed by atoms with Gasteiger partial charge in [0.05, 0.1) is 12.1 Å². The summed E-state index contributed by atoms with van der Waals surface area (Å²) in [5, 5.41) is 22.7. The van der Waals surface area contributed by atoms with Crippen LogP contribution in [-0.2, 0) is 5.54 Å². The maximum absolute atomic E-state index is 9.88. The lowest BCUT2D eigenvalue weighted by atomic mass is 9.87. The molecule has 106 valence electrons. The molecule has 4 heteroatoms. The van der Waals surface area contributed by atoms with Crippen molar-refractivity contribution in [1.82, 2.24) is 0 Å². The number of phenols is 1. The van der Waals surface area contributed by atoms with Crippen molar-refractivity contribution in [1.29, 1.82) is 0 Å². The van der Waals surface area contributed by atoms with E-state index in [0.29, 0.717) is 0 Å². The van der Waals surface area contributed by atoms with E-state index in [4.69, 9.17) is 0 Å². The normalized spacial score (nSPS) is 13.8. The second-order valence-electron chi connectivity index (χ2n) is 4.77. The van der Waals surface area contributed by atoms with E-state index >= 15 is 0 Å². The molecular formula is C16H18BrNO2. The lowest BCUT2D eigenvalue weighted by Crippen LogP contribution is -2.38. The molecule has 1 unspecified atom stereocenters. The van der Waals surface area contributed by atoms with Crippen molar-refractivity contribution >= 4 is 21.6 Å². The first-order chi connectivity index (χ1) is 9.59. The summed E-state index contributed by atoms with van der Waals surface area (Å²) in [5.74, 6) is 0.223. The van der Waals surface area contributed by atoms with Crippen LogP contribution in [0.4, 0.5) is 5.69 Å². The molecular weight excluding hydrogens is 318 g/mol. The number of aliphatic hydroxyl groups excluding tert-OH is 1. The Kier molecular flexibility index (Phi) is 4.68. The molecule has 3 N–H and O–H groups in total. The van der Waals surface area contributed by atoms with Gasteiger partial charge in [-0.3, -0.25) is 0 Å². The van der Waals surface area contributed by atoms with Crippen LogP contribution in [0.3, 0.4) is 0 Å². The molecule has 20 heavy (non-hydrogen) atoms. The van der Waals surface area contributed by atoms with E-state index in [-0.39, 0.29) is 12.4 Å². The summed E-state index contributed by atoms with van der Waals surface area (Å²) in [7, 11) is 0. The van der Waals surface area contributed by atoms with Gasteiger partial charge in [0.15, 0.2) is 0 Å². The molecule has 3 nitrogen and oxygen atoms in total. The second-order valence-corrected chi connectivity index (χ2v) is 5.69. The topological polar surface area (TPSA) is 52.5 Å². The fraction of sp³-hybridized carbons (Fsp3) is 0.250. The fourth-order valence-corrected chi connectivity index (χ4v) is 2.46. The first kappa shape index (κ1) is 14.9. The fourth-order valence-electron chi connectivity index (χ4n) is 2.20. The summed E-state index contributed by atoms with van der Waals surface area (Å²) in [6, 6.07) is 14.8. The summed E-state index contributed by atoms with van der Waals surface area (Å²) in [4.78, 5) is 0. The SMILES string of the molecule is CCC(CO)(Nc1ccc(Br)cc1)c1ccc(O)cc1. The summed E-state index contributed by atoms with van der Waals surface area (Å²) in [6.45, 7) is 2.00. The zero-order chi connectivity index (χ0) is 14.6. The van der Waals surface area contributed by atoms with E-state index < -0.39 is 5.54 Å². The first-order valence-corrected chi connectivity index (χ1v) is 7.33. The van der Waals surface area contributed by atoms with E-state index in [1.165, 1.54) is 0 Å². The average Bonchev–Trinajstić information content (AvgIpc) is 2.48. The summed E-state index contributed by atoms with van der Waals surface area (Å²) >= 11 is 3.41. The van der Waals surface area contributed by atoms with Gasteiger partial charge in [-0.1, -0.05) is 35.0 Å². The summed E-state index contributed by atoms with van der Waals surface area (Å²) < 4.78 is 1.01. The van der Waals surface area contributed by atoms with E-state index in [1.54, 1.807) is 12.1 Å². The molecule has 1 atom stereocenters. The van der Waals surface area contributed by atoms with Crippen LogP contribution in [0.2, 0.25) is 0 Å². The molecule has 0 aliphatic rings. The predicted molar refractivity (Wildman–Crippen MR) is 84.9 cm³/mol. The van der Waals surface area contributed by atoms with Crippen LogP contribution in [0.5, 0.6) is 5.75 Å². The Hall–Kier alpha value is -1.52. The smallest absolute Gasteiger partial charge is 0.115 e. The molecule has 0 saturated heterocycles. The van der Waals surface area contributed by atoms with Gasteiger partial charge in [0, 0.05) is 10.2 Å². The zero-order valence-corrected chi connectivity index (χ0v) is 12.9. The Morgan fingerprint density at radius 3 is 2.15 bits per heavy atom. The number of aliphatic hydroxyl groups is 1. The lowest BCUT2D eigenvalue weighted by molar-refractivity contribution is 0.207. The lowest BCUT2D eigenvalue weighted by Gasteiger charge is -2.33. The number of hydrogen-bond donors (Lipinski definition) is 3. The highest BCUT2D eigenvalue weighted by atomic mass is 79.9. The third-order valence-corrected chi connectivity index (χ3v) is 4.05. The number of hydrogen-bond acceptors (Lipinski definition) is 3. The number of aromatic hydroxyl groups is 1. The number of nitrogens with one attached hydrogen (secondary N) is 1. The van der Waals surface area contributed by atoms with Crippen molar-refractivity contribution in [3.05, 3.63) is 58.6 Å². The van der Waals surface area contributed by atoms with Crippen LogP contribution >= 0.6 is 15.9 Å². The van der Waals surface area contributed by atoms with Gasteiger partial charge in [0.2, 0.25) is 0 Å². The van der Waals surface area contributed by atoms with E-state index in [9.17, 15) is 10.2 Å². The number of halogens is 1. The number of anilines is 1. The van der Waals surface area contributed by atoms with Crippen LogP contribution in [0, 0.1) is 0 Å². The molecule has 0 saturated carbocycles. The molecule has 0 amide bonds. The highest BCUT2D eigenvalue weighted by Gasteiger charge is 2.29. The van der Waals surface area contributed by atoms with Crippen LogP contribution < -0.4 is 5.32 Å².